The molecular weight excluding hydrogens is 461 g/mol. The molecule has 4 heterocycles. The van der Waals surface area contributed by atoms with Crippen LogP contribution in [0.3, 0.4) is 0 Å². The van der Waals surface area contributed by atoms with Gasteiger partial charge in [0.1, 0.15) is 11.9 Å². The lowest BCUT2D eigenvalue weighted by molar-refractivity contribution is -0.136. The molecule has 184 valence electrons. The topological polar surface area (TPSA) is 85.9 Å². The first-order chi connectivity index (χ1) is 17.5. The van der Waals surface area contributed by atoms with Crippen LogP contribution in [0.25, 0.3) is 10.9 Å². The maximum absolute atomic E-state index is 15.2. The first kappa shape index (κ1) is 22.6. The Hall–Kier alpha value is -3.85. The molecule has 0 spiro atoms. The third-order valence-electron chi connectivity index (χ3n) is 7.41. The number of piperazine rings is 1. The first-order valence-corrected chi connectivity index (χ1v) is 12.2. The Kier molecular flexibility index (Phi) is 5.64. The number of hydrogen-bond acceptors (Lipinski definition) is 6. The Bertz CT molecular complexity index is 1380. The zero-order valence-corrected chi connectivity index (χ0v) is 19.7. The summed E-state index contributed by atoms with van der Waals surface area (Å²) in [6.07, 6.45) is 2.29. The van der Waals surface area contributed by atoms with E-state index in [2.05, 4.69) is 39.5 Å². The van der Waals surface area contributed by atoms with Gasteiger partial charge in [0.05, 0.1) is 11.2 Å². The summed E-state index contributed by atoms with van der Waals surface area (Å²) >= 11 is 0. The predicted octanol–water partition coefficient (Wildman–Crippen LogP) is 2.46. The van der Waals surface area contributed by atoms with Gasteiger partial charge in [-0.25, -0.2) is 4.39 Å². The summed E-state index contributed by atoms with van der Waals surface area (Å²) in [5.74, 6) is -1.59. The molecular formula is C27H26FN5O3. The minimum absolute atomic E-state index is 0.190. The lowest BCUT2D eigenvalue weighted by Gasteiger charge is -2.36. The van der Waals surface area contributed by atoms with Crippen molar-refractivity contribution in [2.75, 3.05) is 31.1 Å². The number of piperidine rings is 1. The minimum atomic E-state index is -0.707. The average molecular weight is 488 g/mol. The summed E-state index contributed by atoms with van der Waals surface area (Å²) in [6, 6.07) is 12.6. The third kappa shape index (κ3) is 3.99. The van der Waals surface area contributed by atoms with Gasteiger partial charge in [-0.05, 0) is 35.7 Å². The van der Waals surface area contributed by atoms with Crippen molar-refractivity contribution in [3.8, 4) is 0 Å². The molecule has 1 atom stereocenters. The molecule has 2 aromatic carbocycles. The minimum Gasteiger partial charge on any atom is -0.367 e. The van der Waals surface area contributed by atoms with Gasteiger partial charge in [0.15, 0.2) is 0 Å². The number of carbonyl (C=O) groups excluding carboxylic acids is 3. The van der Waals surface area contributed by atoms with Crippen LogP contribution in [0, 0.1) is 5.82 Å². The van der Waals surface area contributed by atoms with E-state index < -0.39 is 17.8 Å². The van der Waals surface area contributed by atoms with Crippen molar-refractivity contribution in [1.82, 2.24) is 20.1 Å². The highest BCUT2D eigenvalue weighted by molar-refractivity contribution is 6.05. The van der Waals surface area contributed by atoms with E-state index in [1.54, 1.807) is 6.07 Å². The molecule has 36 heavy (non-hydrogen) atoms. The monoisotopic (exact) mass is 487 g/mol. The average Bonchev–Trinajstić information content (AvgIpc) is 3.19. The molecule has 3 amide bonds. The number of rotatable bonds is 4. The molecule has 3 aliphatic rings. The summed E-state index contributed by atoms with van der Waals surface area (Å²) in [5.41, 5.74) is 3.68. The van der Waals surface area contributed by atoms with Crippen LogP contribution < -0.4 is 10.2 Å². The number of benzene rings is 2. The number of pyridine rings is 1. The number of para-hydroxylation sites is 1. The fraction of sp³-hybridized carbons (Fsp3) is 0.333. The molecule has 0 saturated carbocycles. The molecule has 1 aromatic heterocycles. The van der Waals surface area contributed by atoms with Crippen molar-refractivity contribution in [3.63, 3.8) is 0 Å². The van der Waals surface area contributed by atoms with Crippen LogP contribution in [0.15, 0.2) is 48.7 Å². The number of halogens is 1. The zero-order valence-electron chi connectivity index (χ0n) is 19.7. The predicted molar refractivity (Wildman–Crippen MR) is 132 cm³/mol. The molecule has 2 saturated heterocycles. The summed E-state index contributed by atoms with van der Waals surface area (Å²) < 4.78 is 15.2. The van der Waals surface area contributed by atoms with Gasteiger partial charge in [-0.3, -0.25) is 29.6 Å². The maximum atomic E-state index is 15.2. The first-order valence-electron chi connectivity index (χ1n) is 12.2. The van der Waals surface area contributed by atoms with Crippen LogP contribution in [0.5, 0.6) is 0 Å². The SMILES string of the molecule is O=C1CCC(N2Cc3cc(N4CCN(Cc5cccc6cccnc56)CC4)c(F)cc3C2=O)C(=O)N1. The van der Waals surface area contributed by atoms with Gasteiger partial charge in [-0.1, -0.05) is 24.3 Å². The lowest BCUT2D eigenvalue weighted by Crippen LogP contribution is -2.52. The molecule has 8 nitrogen and oxygen atoms in total. The van der Waals surface area contributed by atoms with E-state index in [1.165, 1.54) is 16.5 Å². The molecule has 3 aromatic rings. The van der Waals surface area contributed by atoms with E-state index in [0.29, 0.717) is 29.9 Å². The number of nitrogens with zero attached hydrogens (tertiary/aromatic N) is 4. The number of imide groups is 1. The van der Waals surface area contributed by atoms with Gasteiger partial charge in [0, 0.05) is 62.8 Å². The van der Waals surface area contributed by atoms with Crippen LogP contribution in [-0.4, -0.2) is 64.7 Å². The number of fused-ring (bicyclic) bond motifs is 2. The molecule has 0 radical (unpaired) electrons. The number of aromatic nitrogens is 1. The van der Waals surface area contributed by atoms with Crippen LogP contribution in [-0.2, 0) is 22.7 Å². The fourth-order valence-corrected chi connectivity index (χ4v) is 5.50. The standard InChI is InChI=1S/C27H26FN5O3/c28-21-14-20-19(16-33(27(20)36)22-6-7-24(34)30-26(22)35)13-23(21)32-11-9-31(10-12-32)15-18-4-1-3-17-5-2-8-29-25(17)18/h1-5,8,13-14,22H,6-7,9-12,15-16H2,(H,30,34,35). The van der Waals surface area contributed by atoms with Crippen molar-refractivity contribution < 1.29 is 18.8 Å². The molecule has 0 bridgehead atoms. The number of anilines is 1. The second kappa shape index (κ2) is 8.98. The Morgan fingerprint density at radius 3 is 2.64 bits per heavy atom. The van der Waals surface area contributed by atoms with Crippen molar-refractivity contribution >= 4 is 34.3 Å². The van der Waals surface area contributed by atoms with E-state index in [4.69, 9.17) is 0 Å². The summed E-state index contributed by atoms with van der Waals surface area (Å²) in [7, 11) is 0. The summed E-state index contributed by atoms with van der Waals surface area (Å²) in [4.78, 5) is 47.1. The van der Waals surface area contributed by atoms with E-state index in [1.807, 2.05) is 17.2 Å². The molecule has 0 aliphatic carbocycles. The third-order valence-corrected chi connectivity index (χ3v) is 7.41. The van der Waals surface area contributed by atoms with Crippen molar-refractivity contribution in [2.45, 2.75) is 32.0 Å². The molecule has 1 N–H and O–H groups in total. The van der Waals surface area contributed by atoms with Gasteiger partial charge >= 0.3 is 0 Å². The van der Waals surface area contributed by atoms with E-state index in [-0.39, 0.29) is 31.2 Å². The summed E-state index contributed by atoms with van der Waals surface area (Å²) in [5, 5.41) is 3.42. The fourth-order valence-electron chi connectivity index (χ4n) is 5.50. The van der Waals surface area contributed by atoms with Crippen LogP contribution >= 0.6 is 0 Å². The smallest absolute Gasteiger partial charge is 0.255 e. The molecule has 2 fully saturated rings. The van der Waals surface area contributed by atoms with Crippen molar-refractivity contribution in [2.24, 2.45) is 0 Å². The molecule has 6 rings (SSSR count). The quantitative estimate of drug-likeness (QED) is 0.569. The van der Waals surface area contributed by atoms with Gasteiger partial charge in [0.25, 0.3) is 5.91 Å². The van der Waals surface area contributed by atoms with Crippen molar-refractivity contribution in [3.05, 3.63) is 71.2 Å². The van der Waals surface area contributed by atoms with Gasteiger partial charge in [0.2, 0.25) is 11.8 Å². The van der Waals surface area contributed by atoms with Gasteiger partial charge in [-0.2, -0.15) is 0 Å². The Morgan fingerprint density at radius 1 is 1.03 bits per heavy atom. The summed E-state index contributed by atoms with van der Waals surface area (Å²) in [6.45, 7) is 3.91. The number of hydrogen-bond donors (Lipinski definition) is 1. The largest absolute Gasteiger partial charge is 0.367 e. The van der Waals surface area contributed by atoms with Crippen LogP contribution in [0.2, 0.25) is 0 Å². The van der Waals surface area contributed by atoms with Crippen molar-refractivity contribution in [1.29, 1.82) is 0 Å². The number of carbonyl (C=O) groups is 3. The second-order valence-electron chi connectivity index (χ2n) is 9.62. The Morgan fingerprint density at radius 2 is 1.83 bits per heavy atom. The second-order valence-corrected chi connectivity index (χ2v) is 9.62. The van der Waals surface area contributed by atoms with Gasteiger partial charge < -0.3 is 9.80 Å². The molecule has 3 aliphatic heterocycles. The van der Waals surface area contributed by atoms with E-state index in [0.717, 1.165) is 30.5 Å². The Labute approximate surface area is 207 Å². The lowest BCUT2D eigenvalue weighted by atomic mass is 10.0. The highest BCUT2D eigenvalue weighted by Crippen LogP contribution is 2.33. The van der Waals surface area contributed by atoms with Gasteiger partial charge in [-0.15, -0.1) is 0 Å². The maximum Gasteiger partial charge on any atom is 0.255 e. The highest BCUT2D eigenvalue weighted by atomic mass is 19.1. The Balaban J connectivity index is 1.15. The highest BCUT2D eigenvalue weighted by Gasteiger charge is 2.40. The molecule has 9 heteroatoms. The van der Waals surface area contributed by atoms with E-state index in [9.17, 15) is 14.4 Å². The molecule has 1 unspecified atom stereocenters. The van der Waals surface area contributed by atoms with E-state index >= 15 is 4.39 Å². The van der Waals surface area contributed by atoms with Crippen LogP contribution in [0.4, 0.5) is 10.1 Å². The normalized spacial score (nSPS) is 20.7. The zero-order chi connectivity index (χ0) is 24.8. The number of amides is 3. The number of nitrogens with one attached hydrogen (secondary N) is 1. The van der Waals surface area contributed by atoms with Crippen LogP contribution in [0.1, 0.15) is 34.3 Å².